The maximum Gasteiger partial charge on any atom is 0.430 e. The van der Waals surface area contributed by atoms with Crippen LogP contribution in [0.4, 0.5) is 0 Å². The lowest BCUT2D eigenvalue weighted by Gasteiger charge is -2.42. The lowest BCUT2D eigenvalue weighted by Crippen LogP contribution is -2.65. The van der Waals surface area contributed by atoms with Gasteiger partial charge in [-0.25, -0.2) is 0 Å². The Kier molecular flexibility index (Phi) is 7.01. The molecule has 1 saturated carbocycles. The van der Waals surface area contributed by atoms with Gasteiger partial charge in [-0.05, 0) is 25.7 Å². The average molecular weight is 288 g/mol. The van der Waals surface area contributed by atoms with Gasteiger partial charge in [-0.3, -0.25) is 4.98 Å². The van der Waals surface area contributed by atoms with E-state index in [1.807, 2.05) is 0 Å². The van der Waals surface area contributed by atoms with Gasteiger partial charge in [0, 0.05) is 24.3 Å². The van der Waals surface area contributed by atoms with Gasteiger partial charge in [0.15, 0.2) is 0 Å². The van der Waals surface area contributed by atoms with Crippen molar-refractivity contribution in [3.8, 4) is 0 Å². The predicted molar refractivity (Wildman–Crippen MR) is 83.3 cm³/mol. The van der Waals surface area contributed by atoms with Crippen LogP contribution in [0.5, 0.6) is 0 Å². The first-order chi connectivity index (χ1) is 8.95. The summed E-state index contributed by atoms with van der Waals surface area (Å²) in [7, 11) is -2.35. The van der Waals surface area contributed by atoms with Crippen LogP contribution in [0.15, 0.2) is 0 Å². The summed E-state index contributed by atoms with van der Waals surface area (Å²) in [6, 6.07) is 0.597. The zero-order valence-corrected chi connectivity index (χ0v) is 14.6. The summed E-state index contributed by atoms with van der Waals surface area (Å²) in [5, 5.41) is 0.0555. The van der Waals surface area contributed by atoms with Gasteiger partial charge < -0.3 is 8.85 Å². The Balaban J connectivity index is 2.81. The van der Waals surface area contributed by atoms with Crippen LogP contribution < -0.4 is 4.98 Å². The molecule has 0 radical (unpaired) electrons. The molecular weight excluding hydrogens is 254 g/mol. The Morgan fingerprint density at radius 2 is 1.47 bits per heavy atom. The van der Waals surface area contributed by atoms with Crippen molar-refractivity contribution >= 4 is 8.72 Å². The maximum absolute atomic E-state index is 6.31. The smallest absolute Gasteiger partial charge is 0.382 e. The van der Waals surface area contributed by atoms with Gasteiger partial charge in [0.2, 0.25) is 0 Å². The summed E-state index contributed by atoms with van der Waals surface area (Å²) >= 11 is 0. The lowest BCUT2D eigenvalue weighted by molar-refractivity contribution is 0.131. The van der Waals surface area contributed by atoms with Crippen LogP contribution in [0.2, 0.25) is 5.04 Å². The standard InChI is InChI=1S/C15H33NO2Si/c1-6-12-17-19(15(3,4)5,18-13-7-2)16-14-10-8-9-11-14/h14,16H,6-13H2,1-5H3. The fourth-order valence-corrected chi connectivity index (χ4v) is 5.96. The van der Waals surface area contributed by atoms with Gasteiger partial charge in [0.25, 0.3) is 0 Å². The fraction of sp³-hybridized carbons (Fsp3) is 1.00. The van der Waals surface area contributed by atoms with Crippen molar-refractivity contribution in [1.29, 1.82) is 0 Å². The van der Waals surface area contributed by atoms with Crippen molar-refractivity contribution < 1.29 is 8.85 Å². The van der Waals surface area contributed by atoms with E-state index < -0.39 is 8.72 Å². The van der Waals surface area contributed by atoms with Crippen LogP contribution in [0.3, 0.4) is 0 Å². The van der Waals surface area contributed by atoms with Crippen molar-refractivity contribution in [3.05, 3.63) is 0 Å². The number of nitrogens with one attached hydrogen (secondary N) is 1. The molecule has 0 atom stereocenters. The van der Waals surface area contributed by atoms with Gasteiger partial charge in [0.1, 0.15) is 0 Å². The van der Waals surface area contributed by atoms with E-state index in [4.69, 9.17) is 8.85 Å². The van der Waals surface area contributed by atoms with Gasteiger partial charge in [-0.15, -0.1) is 0 Å². The van der Waals surface area contributed by atoms with Crippen LogP contribution in [0, 0.1) is 0 Å². The second-order valence-electron chi connectivity index (χ2n) is 6.69. The molecule has 0 saturated heterocycles. The topological polar surface area (TPSA) is 30.5 Å². The summed E-state index contributed by atoms with van der Waals surface area (Å²) in [6.07, 6.45) is 7.33. The summed E-state index contributed by atoms with van der Waals surface area (Å²) in [6.45, 7) is 12.7. The van der Waals surface area contributed by atoms with Crippen molar-refractivity contribution in [3.63, 3.8) is 0 Å². The summed E-state index contributed by atoms with van der Waals surface area (Å²) in [5.41, 5.74) is 0. The second-order valence-corrected chi connectivity index (χ2v) is 10.3. The third-order valence-corrected chi connectivity index (χ3v) is 7.74. The molecule has 4 heteroatoms. The van der Waals surface area contributed by atoms with E-state index in [9.17, 15) is 0 Å². The lowest BCUT2D eigenvalue weighted by atomic mass is 10.2. The fourth-order valence-electron chi connectivity index (χ4n) is 2.60. The van der Waals surface area contributed by atoms with Gasteiger partial charge in [-0.1, -0.05) is 47.5 Å². The highest BCUT2D eigenvalue weighted by Gasteiger charge is 2.51. The van der Waals surface area contributed by atoms with E-state index in [0.29, 0.717) is 6.04 Å². The van der Waals surface area contributed by atoms with Crippen molar-refractivity contribution in [2.45, 2.75) is 84.2 Å². The van der Waals surface area contributed by atoms with Gasteiger partial charge >= 0.3 is 8.72 Å². The van der Waals surface area contributed by atoms with Crippen LogP contribution in [-0.4, -0.2) is 28.0 Å². The third kappa shape index (κ3) is 4.85. The Morgan fingerprint density at radius 3 is 1.84 bits per heavy atom. The molecule has 0 aliphatic heterocycles. The van der Waals surface area contributed by atoms with Crippen molar-refractivity contribution in [2.24, 2.45) is 0 Å². The molecule has 1 aliphatic rings. The largest absolute Gasteiger partial charge is 0.430 e. The Morgan fingerprint density at radius 1 is 1.00 bits per heavy atom. The van der Waals surface area contributed by atoms with Crippen LogP contribution in [0.25, 0.3) is 0 Å². The zero-order chi connectivity index (χ0) is 14.4. The molecule has 0 aromatic rings. The molecule has 1 N–H and O–H groups in total. The first-order valence-electron chi connectivity index (χ1n) is 8.00. The molecule has 0 unspecified atom stereocenters. The molecule has 0 bridgehead atoms. The normalized spacial score (nSPS) is 18.2. The van der Waals surface area contributed by atoms with E-state index >= 15 is 0 Å². The highest BCUT2D eigenvalue weighted by atomic mass is 28.4. The Bertz CT molecular complexity index is 239. The highest BCUT2D eigenvalue weighted by molar-refractivity contribution is 6.68. The molecule has 0 spiro atoms. The highest BCUT2D eigenvalue weighted by Crippen LogP contribution is 2.37. The van der Waals surface area contributed by atoms with Crippen molar-refractivity contribution in [2.75, 3.05) is 13.2 Å². The minimum atomic E-state index is -2.35. The van der Waals surface area contributed by atoms with Gasteiger partial charge in [-0.2, -0.15) is 0 Å². The molecule has 1 rings (SSSR count). The maximum atomic E-state index is 6.31. The molecular formula is C15H33NO2Si. The van der Waals surface area contributed by atoms with Crippen molar-refractivity contribution in [1.82, 2.24) is 4.98 Å². The molecule has 0 aromatic heterocycles. The van der Waals surface area contributed by atoms with E-state index in [1.165, 1.54) is 25.7 Å². The van der Waals surface area contributed by atoms with E-state index in [2.05, 4.69) is 39.6 Å². The third-order valence-electron chi connectivity index (χ3n) is 3.76. The van der Waals surface area contributed by atoms with Crippen LogP contribution in [0.1, 0.15) is 73.1 Å². The summed E-state index contributed by atoms with van der Waals surface area (Å²) < 4.78 is 12.6. The number of hydrogen-bond donors (Lipinski definition) is 1. The quantitative estimate of drug-likeness (QED) is 0.681. The minimum Gasteiger partial charge on any atom is -0.382 e. The SMILES string of the molecule is CCCO[Si](NC1CCCC1)(OCCC)C(C)(C)C. The molecule has 0 heterocycles. The van der Waals surface area contributed by atoms with Gasteiger partial charge in [0.05, 0.1) is 0 Å². The minimum absolute atomic E-state index is 0.0555. The zero-order valence-electron chi connectivity index (χ0n) is 13.6. The van der Waals surface area contributed by atoms with E-state index in [0.717, 1.165) is 26.1 Å². The molecule has 0 aromatic carbocycles. The van der Waals surface area contributed by atoms with E-state index in [-0.39, 0.29) is 5.04 Å². The van der Waals surface area contributed by atoms with Crippen LogP contribution >= 0.6 is 0 Å². The monoisotopic (exact) mass is 287 g/mol. The van der Waals surface area contributed by atoms with Crippen LogP contribution in [-0.2, 0) is 8.85 Å². The first kappa shape index (κ1) is 17.1. The molecule has 19 heavy (non-hydrogen) atoms. The second kappa shape index (κ2) is 7.77. The molecule has 1 fully saturated rings. The molecule has 0 amide bonds. The number of hydrogen-bond acceptors (Lipinski definition) is 3. The first-order valence-corrected chi connectivity index (χ1v) is 9.82. The average Bonchev–Trinajstić information content (AvgIpc) is 2.84. The Hall–Kier alpha value is 0.0969. The predicted octanol–water partition coefficient (Wildman–Crippen LogP) is 4.11. The molecule has 3 nitrogen and oxygen atoms in total. The summed E-state index contributed by atoms with van der Waals surface area (Å²) in [5.74, 6) is 0. The van der Waals surface area contributed by atoms with E-state index in [1.54, 1.807) is 0 Å². The Labute approximate surface area is 120 Å². The number of rotatable bonds is 8. The molecule has 1 aliphatic carbocycles. The molecule has 114 valence electrons. The summed E-state index contributed by atoms with van der Waals surface area (Å²) in [4.78, 5) is 3.83.